The van der Waals surface area contributed by atoms with Gasteiger partial charge in [-0.1, -0.05) is 12.1 Å². The zero-order valence-corrected chi connectivity index (χ0v) is 10.8. The lowest BCUT2D eigenvalue weighted by molar-refractivity contribution is -0.138. The van der Waals surface area contributed by atoms with E-state index in [0.717, 1.165) is 7.05 Å². The number of carbonyl (C=O) groups excluding carboxylic acids is 1. The molecule has 0 spiro atoms. The molecule has 108 valence electrons. The first kappa shape index (κ1) is 14.4. The molecule has 2 aromatic rings. The number of carbonyl (C=O) groups is 1. The number of rotatable bonds is 2. The molecule has 3 nitrogen and oxygen atoms in total. The molecule has 0 atom stereocenters. The van der Waals surface area contributed by atoms with Crippen molar-refractivity contribution in [3.63, 3.8) is 0 Å². The van der Waals surface area contributed by atoms with E-state index in [0.29, 0.717) is 15.8 Å². The maximum Gasteiger partial charge on any atom is 0.406 e. The van der Waals surface area contributed by atoms with E-state index in [1.54, 1.807) is 19.1 Å². The molecule has 1 heterocycles. The molecule has 20 heavy (non-hydrogen) atoms. The fraction of sp³-hybridized carbons (Fsp3) is 0.308. The molecule has 2 rings (SSSR count). The maximum atomic E-state index is 13.8. The second kappa shape index (κ2) is 4.81. The van der Waals surface area contributed by atoms with Gasteiger partial charge in [-0.2, -0.15) is 13.2 Å². The fourth-order valence-corrected chi connectivity index (χ4v) is 1.93. The molecule has 1 N–H and O–H groups in total. The van der Waals surface area contributed by atoms with Crippen LogP contribution in [0.5, 0.6) is 0 Å². The first-order valence-corrected chi connectivity index (χ1v) is 5.79. The summed E-state index contributed by atoms with van der Waals surface area (Å²) in [6, 6.07) is 4.48. The molecule has 0 unspecified atom stereocenters. The Labute approximate surface area is 112 Å². The van der Waals surface area contributed by atoms with Gasteiger partial charge >= 0.3 is 6.18 Å². The van der Waals surface area contributed by atoms with Crippen LogP contribution in [-0.4, -0.2) is 35.6 Å². The number of halogens is 4. The summed E-state index contributed by atoms with van der Waals surface area (Å²) in [5.74, 6) is -1.35. The molecule has 0 radical (unpaired) electrons. The number of hydrogen-bond donors (Lipinski definition) is 1. The number of H-pyrrole nitrogens is 1. The molecule has 0 aliphatic carbocycles. The van der Waals surface area contributed by atoms with E-state index >= 15 is 0 Å². The highest BCUT2D eigenvalue weighted by molar-refractivity contribution is 5.98. The number of hydrogen-bond acceptors (Lipinski definition) is 1. The third-order valence-electron chi connectivity index (χ3n) is 2.92. The predicted octanol–water partition coefficient (Wildman–Crippen LogP) is 3.25. The van der Waals surface area contributed by atoms with Crippen LogP contribution in [0.25, 0.3) is 10.9 Å². The van der Waals surface area contributed by atoms with Crippen molar-refractivity contribution < 1.29 is 22.4 Å². The van der Waals surface area contributed by atoms with Crippen molar-refractivity contribution in [1.29, 1.82) is 0 Å². The molecule has 0 fully saturated rings. The van der Waals surface area contributed by atoms with Crippen LogP contribution in [-0.2, 0) is 0 Å². The third-order valence-corrected chi connectivity index (χ3v) is 2.92. The van der Waals surface area contributed by atoms with E-state index in [1.165, 1.54) is 6.07 Å². The van der Waals surface area contributed by atoms with Crippen LogP contribution in [0.4, 0.5) is 17.6 Å². The molecule has 1 aromatic heterocycles. The van der Waals surface area contributed by atoms with E-state index in [2.05, 4.69) is 4.98 Å². The van der Waals surface area contributed by atoms with Gasteiger partial charge in [0, 0.05) is 12.4 Å². The second-order valence-corrected chi connectivity index (χ2v) is 4.62. The Bertz CT molecular complexity index is 660. The molecular weight excluding hydrogens is 276 g/mol. The van der Waals surface area contributed by atoms with Gasteiger partial charge in [-0.15, -0.1) is 0 Å². The molecular formula is C13H12F4N2O. The molecule has 0 saturated carbocycles. The van der Waals surface area contributed by atoms with Crippen LogP contribution >= 0.6 is 0 Å². The molecule has 1 aromatic carbocycles. The van der Waals surface area contributed by atoms with Crippen molar-refractivity contribution in [2.45, 2.75) is 13.1 Å². The van der Waals surface area contributed by atoms with Crippen LogP contribution in [0.2, 0.25) is 0 Å². The first-order valence-electron chi connectivity index (χ1n) is 5.79. The summed E-state index contributed by atoms with van der Waals surface area (Å²) >= 11 is 0. The number of fused-ring (bicyclic) bond motifs is 1. The molecule has 0 aliphatic heterocycles. The minimum absolute atomic E-state index is 0.0729. The summed E-state index contributed by atoms with van der Waals surface area (Å²) in [5.41, 5.74) is 0.437. The van der Waals surface area contributed by atoms with Crippen LogP contribution in [0.1, 0.15) is 16.1 Å². The van der Waals surface area contributed by atoms with Crippen LogP contribution in [0, 0.1) is 12.7 Å². The highest BCUT2D eigenvalue weighted by atomic mass is 19.4. The summed E-state index contributed by atoms with van der Waals surface area (Å²) in [7, 11) is 1.04. The molecule has 1 amide bonds. The Kier molecular flexibility index (Phi) is 3.45. The normalized spacial score (nSPS) is 11.9. The Morgan fingerprint density at radius 2 is 2.00 bits per heavy atom. The zero-order chi connectivity index (χ0) is 15.1. The number of nitrogens with zero attached hydrogens (tertiary/aromatic N) is 1. The SMILES string of the molecule is Cc1ccc2cc(C(=O)N(C)CC(F)(F)F)[nH]c2c1F. The third kappa shape index (κ3) is 2.76. The fourth-order valence-electron chi connectivity index (χ4n) is 1.93. The van der Waals surface area contributed by atoms with E-state index < -0.39 is 24.4 Å². The minimum atomic E-state index is -4.47. The van der Waals surface area contributed by atoms with Crippen molar-refractivity contribution in [1.82, 2.24) is 9.88 Å². The number of aromatic amines is 1. The largest absolute Gasteiger partial charge is 0.406 e. The number of alkyl halides is 3. The van der Waals surface area contributed by atoms with Crippen molar-refractivity contribution in [2.24, 2.45) is 0 Å². The summed E-state index contributed by atoms with van der Waals surface area (Å²) in [6.07, 6.45) is -4.47. The van der Waals surface area contributed by atoms with Crippen molar-refractivity contribution in [2.75, 3.05) is 13.6 Å². The van der Waals surface area contributed by atoms with Gasteiger partial charge in [0.05, 0.1) is 5.52 Å². The maximum absolute atomic E-state index is 13.8. The second-order valence-electron chi connectivity index (χ2n) is 4.62. The summed E-state index contributed by atoms with van der Waals surface area (Å²) < 4.78 is 50.5. The average Bonchev–Trinajstić information content (AvgIpc) is 2.75. The predicted molar refractivity (Wildman–Crippen MR) is 66.0 cm³/mol. The van der Waals surface area contributed by atoms with Crippen LogP contribution in [0.15, 0.2) is 18.2 Å². The van der Waals surface area contributed by atoms with Crippen LogP contribution in [0.3, 0.4) is 0 Å². The summed E-state index contributed by atoms with van der Waals surface area (Å²) in [5, 5.41) is 0.442. The molecule has 0 aliphatic rings. The van der Waals surface area contributed by atoms with Gasteiger partial charge < -0.3 is 9.88 Å². The number of aryl methyl sites for hydroxylation is 1. The Hall–Kier alpha value is -2.05. The topological polar surface area (TPSA) is 36.1 Å². The lowest BCUT2D eigenvalue weighted by atomic mass is 10.2. The highest BCUT2D eigenvalue weighted by Gasteiger charge is 2.32. The van der Waals surface area contributed by atoms with E-state index in [4.69, 9.17) is 0 Å². The van der Waals surface area contributed by atoms with Crippen molar-refractivity contribution in [3.05, 3.63) is 35.3 Å². The smallest absolute Gasteiger partial charge is 0.348 e. The lowest BCUT2D eigenvalue weighted by Gasteiger charge is -2.17. The number of benzene rings is 1. The number of aromatic nitrogens is 1. The number of nitrogens with one attached hydrogen (secondary N) is 1. The van der Waals surface area contributed by atoms with Crippen molar-refractivity contribution in [3.8, 4) is 0 Å². The molecule has 7 heteroatoms. The highest BCUT2D eigenvalue weighted by Crippen LogP contribution is 2.23. The first-order chi connectivity index (χ1) is 9.19. The van der Waals surface area contributed by atoms with Gasteiger partial charge in [-0.05, 0) is 18.6 Å². The number of amides is 1. The van der Waals surface area contributed by atoms with Gasteiger partial charge in [0.1, 0.15) is 18.1 Å². The van der Waals surface area contributed by atoms with E-state index in [9.17, 15) is 22.4 Å². The van der Waals surface area contributed by atoms with Crippen LogP contribution < -0.4 is 0 Å². The molecule has 0 saturated heterocycles. The zero-order valence-electron chi connectivity index (χ0n) is 10.8. The Balaban J connectivity index is 2.34. The van der Waals surface area contributed by atoms with E-state index in [-0.39, 0.29) is 11.2 Å². The minimum Gasteiger partial charge on any atom is -0.348 e. The van der Waals surface area contributed by atoms with Gasteiger partial charge in [0.2, 0.25) is 0 Å². The molecule has 0 bridgehead atoms. The Morgan fingerprint density at radius 3 is 2.60 bits per heavy atom. The Morgan fingerprint density at radius 1 is 1.35 bits per heavy atom. The van der Waals surface area contributed by atoms with Crippen molar-refractivity contribution >= 4 is 16.8 Å². The summed E-state index contributed by atoms with van der Waals surface area (Å²) in [4.78, 5) is 14.9. The van der Waals surface area contributed by atoms with Gasteiger partial charge in [-0.25, -0.2) is 4.39 Å². The quantitative estimate of drug-likeness (QED) is 0.846. The van der Waals surface area contributed by atoms with Gasteiger partial charge in [-0.3, -0.25) is 4.79 Å². The van der Waals surface area contributed by atoms with Gasteiger partial charge in [0.15, 0.2) is 0 Å². The monoisotopic (exact) mass is 288 g/mol. The standard InChI is InChI=1S/C13H12F4N2O/c1-7-3-4-8-5-9(18-11(8)10(7)14)12(20)19(2)6-13(15,16)17/h3-5,18H,6H2,1-2H3. The summed E-state index contributed by atoms with van der Waals surface area (Å²) in [6.45, 7) is 0.204. The lowest BCUT2D eigenvalue weighted by Crippen LogP contribution is -2.35. The van der Waals surface area contributed by atoms with Gasteiger partial charge in [0.25, 0.3) is 5.91 Å². The average molecular weight is 288 g/mol. The van der Waals surface area contributed by atoms with E-state index in [1.807, 2.05) is 0 Å².